The van der Waals surface area contributed by atoms with Crippen molar-refractivity contribution in [3.8, 4) is 11.3 Å². The maximum Gasteiger partial charge on any atom is 0.330 e. The second kappa shape index (κ2) is 7.31. The Labute approximate surface area is 149 Å². The van der Waals surface area contributed by atoms with E-state index in [1.165, 1.54) is 0 Å². The van der Waals surface area contributed by atoms with Gasteiger partial charge in [-0.1, -0.05) is 30.3 Å². The molecule has 1 aliphatic rings. The fourth-order valence-corrected chi connectivity index (χ4v) is 2.94. The van der Waals surface area contributed by atoms with Crippen molar-refractivity contribution < 1.29 is 9.63 Å². The highest BCUT2D eigenvalue weighted by molar-refractivity contribution is 5.75. The third-order valence-corrected chi connectivity index (χ3v) is 4.44. The predicted molar refractivity (Wildman–Crippen MR) is 96.6 cm³/mol. The lowest BCUT2D eigenvalue weighted by Gasteiger charge is -2.32. The van der Waals surface area contributed by atoms with Gasteiger partial charge in [0.25, 0.3) is 0 Å². The van der Waals surface area contributed by atoms with E-state index in [4.69, 9.17) is 4.84 Å². The maximum atomic E-state index is 12.0. The first-order valence-corrected chi connectivity index (χ1v) is 8.79. The molecule has 5 nitrogen and oxygen atoms in total. The summed E-state index contributed by atoms with van der Waals surface area (Å²) < 4.78 is 0. The Morgan fingerprint density at radius 1 is 1.08 bits per heavy atom. The van der Waals surface area contributed by atoms with Gasteiger partial charge in [-0.3, -0.25) is 9.97 Å². The molecular weight excluding hydrogens is 314 g/mol. The van der Waals surface area contributed by atoms with Crippen molar-refractivity contribution in [1.82, 2.24) is 15.0 Å². The van der Waals surface area contributed by atoms with Crippen molar-refractivity contribution in [2.24, 2.45) is 5.41 Å². The number of carbonyl (C=O) groups is 1. The third-order valence-electron chi connectivity index (χ3n) is 4.44. The number of piperidine rings is 1. The Bertz CT molecular complexity index is 717. The topological polar surface area (TPSA) is 55.3 Å². The number of hydrogen-bond acceptors (Lipinski definition) is 5. The molecule has 5 heteroatoms. The fraction of sp³-hybridized carbons (Fsp3) is 0.450. The van der Waals surface area contributed by atoms with Crippen LogP contribution in [0.3, 0.4) is 0 Å². The largest absolute Gasteiger partial charge is 0.367 e. The van der Waals surface area contributed by atoms with Crippen LogP contribution in [0.1, 0.15) is 45.2 Å². The number of carbonyl (C=O) groups excluding carboxylic acids is 1. The average Bonchev–Trinajstić information content (AvgIpc) is 2.62. The van der Waals surface area contributed by atoms with E-state index in [-0.39, 0.29) is 5.97 Å². The molecule has 0 radical (unpaired) electrons. The number of benzene rings is 1. The summed E-state index contributed by atoms with van der Waals surface area (Å²) in [4.78, 5) is 26.7. The normalized spacial score (nSPS) is 16.6. The summed E-state index contributed by atoms with van der Waals surface area (Å²) in [5.74, 6) is 0.143. The second-order valence-corrected chi connectivity index (χ2v) is 7.49. The van der Waals surface area contributed by atoms with Gasteiger partial charge in [0.15, 0.2) is 0 Å². The lowest BCUT2D eigenvalue weighted by Crippen LogP contribution is -2.38. The van der Waals surface area contributed by atoms with Crippen LogP contribution in [-0.2, 0) is 9.63 Å². The van der Waals surface area contributed by atoms with Crippen LogP contribution >= 0.6 is 0 Å². The first kappa shape index (κ1) is 17.5. The van der Waals surface area contributed by atoms with Gasteiger partial charge in [-0.2, -0.15) is 0 Å². The molecule has 0 unspecified atom stereocenters. The van der Waals surface area contributed by atoms with Crippen molar-refractivity contribution in [2.45, 2.75) is 39.5 Å². The van der Waals surface area contributed by atoms with Gasteiger partial charge in [0.05, 0.1) is 16.8 Å². The molecule has 3 rings (SSSR count). The number of hydroxylamine groups is 2. The molecule has 0 N–H and O–H groups in total. The molecule has 1 aromatic heterocycles. The zero-order valence-electron chi connectivity index (χ0n) is 15.1. The summed E-state index contributed by atoms with van der Waals surface area (Å²) in [6.45, 7) is 7.05. The molecule has 2 aromatic rings. The van der Waals surface area contributed by atoms with E-state index < -0.39 is 5.41 Å². The van der Waals surface area contributed by atoms with Gasteiger partial charge in [-0.05, 0) is 33.6 Å². The van der Waals surface area contributed by atoms with Gasteiger partial charge in [0.2, 0.25) is 0 Å². The van der Waals surface area contributed by atoms with Crippen molar-refractivity contribution in [1.29, 1.82) is 0 Å². The maximum absolute atomic E-state index is 12.0. The molecule has 1 aliphatic heterocycles. The highest BCUT2D eigenvalue weighted by atomic mass is 16.7. The van der Waals surface area contributed by atoms with E-state index >= 15 is 0 Å². The highest BCUT2D eigenvalue weighted by Crippen LogP contribution is 2.32. The zero-order valence-corrected chi connectivity index (χ0v) is 15.1. The van der Waals surface area contributed by atoms with E-state index in [0.717, 1.165) is 42.9 Å². The minimum atomic E-state index is -0.484. The number of nitrogens with zero attached hydrogens (tertiary/aromatic N) is 3. The van der Waals surface area contributed by atoms with Gasteiger partial charge in [-0.25, -0.2) is 4.79 Å². The van der Waals surface area contributed by atoms with Crippen LogP contribution in [0.4, 0.5) is 0 Å². The molecule has 132 valence electrons. The van der Waals surface area contributed by atoms with Gasteiger partial charge in [0, 0.05) is 37.0 Å². The minimum absolute atomic E-state index is 0.185. The number of rotatable bonds is 3. The Morgan fingerprint density at radius 3 is 2.36 bits per heavy atom. The monoisotopic (exact) mass is 339 g/mol. The molecule has 25 heavy (non-hydrogen) atoms. The van der Waals surface area contributed by atoms with Crippen molar-refractivity contribution in [2.75, 3.05) is 13.1 Å². The van der Waals surface area contributed by atoms with E-state index in [2.05, 4.69) is 22.1 Å². The molecule has 0 bridgehead atoms. The van der Waals surface area contributed by atoms with Crippen LogP contribution in [0, 0.1) is 5.41 Å². The lowest BCUT2D eigenvalue weighted by atomic mass is 9.91. The predicted octanol–water partition coefficient (Wildman–Crippen LogP) is 3.83. The number of aromatic nitrogens is 2. The van der Waals surface area contributed by atoms with E-state index in [1.807, 2.05) is 39.0 Å². The summed E-state index contributed by atoms with van der Waals surface area (Å²) in [5, 5.41) is 1.78. The van der Waals surface area contributed by atoms with Crippen LogP contribution in [-0.4, -0.2) is 34.1 Å². The van der Waals surface area contributed by atoms with E-state index in [9.17, 15) is 4.79 Å². The molecule has 0 aliphatic carbocycles. The molecule has 0 saturated carbocycles. The first-order valence-electron chi connectivity index (χ1n) is 8.79. The quantitative estimate of drug-likeness (QED) is 0.851. The molecule has 1 saturated heterocycles. The second-order valence-electron chi connectivity index (χ2n) is 7.49. The SMILES string of the molecule is CC(C)(C)C(=O)ON1CCC(c2nccnc2-c2ccccc2)CC1. The van der Waals surface area contributed by atoms with E-state index in [0.29, 0.717) is 5.92 Å². The minimum Gasteiger partial charge on any atom is -0.367 e. The van der Waals surface area contributed by atoms with Crippen LogP contribution in [0.5, 0.6) is 0 Å². The summed E-state index contributed by atoms with van der Waals surface area (Å²) in [5.41, 5.74) is 2.60. The molecule has 2 heterocycles. The van der Waals surface area contributed by atoms with Crippen molar-refractivity contribution in [3.05, 3.63) is 48.4 Å². The van der Waals surface area contributed by atoms with Gasteiger partial charge < -0.3 is 4.84 Å². The van der Waals surface area contributed by atoms with Crippen molar-refractivity contribution >= 4 is 5.97 Å². The number of hydrogen-bond donors (Lipinski definition) is 0. The smallest absolute Gasteiger partial charge is 0.330 e. The molecule has 0 atom stereocenters. The Balaban J connectivity index is 1.69. The molecule has 1 aromatic carbocycles. The van der Waals surface area contributed by atoms with E-state index in [1.54, 1.807) is 17.5 Å². The van der Waals surface area contributed by atoms with Crippen LogP contribution < -0.4 is 0 Å². The van der Waals surface area contributed by atoms with Gasteiger partial charge in [-0.15, -0.1) is 5.06 Å². The third kappa shape index (κ3) is 4.23. The van der Waals surface area contributed by atoms with Crippen molar-refractivity contribution in [3.63, 3.8) is 0 Å². The molecule has 0 spiro atoms. The fourth-order valence-electron chi connectivity index (χ4n) is 2.94. The lowest BCUT2D eigenvalue weighted by molar-refractivity contribution is -0.204. The van der Waals surface area contributed by atoms with Crippen LogP contribution in [0.2, 0.25) is 0 Å². The molecule has 0 amide bonds. The summed E-state index contributed by atoms with van der Waals surface area (Å²) in [7, 11) is 0. The first-order chi connectivity index (χ1) is 11.9. The highest BCUT2D eigenvalue weighted by Gasteiger charge is 2.30. The van der Waals surface area contributed by atoms with Crippen LogP contribution in [0.15, 0.2) is 42.7 Å². The standard InChI is InChI=1S/C20H25N3O2/c1-20(2,3)19(24)25-23-13-9-16(10-14-23)18-17(21-11-12-22-18)15-7-5-4-6-8-15/h4-8,11-12,16H,9-10,13-14H2,1-3H3. The average molecular weight is 339 g/mol. The Morgan fingerprint density at radius 2 is 1.72 bits per heavy atom. The zero-order chi connectivity index (χ0) is 17.9. The summed E-state index contributed by atoms with van der Waals surface area (Å²) >= 11 is 0. The van der Waals surface area contributed by atoms with Gasteiger partial charge in [0.1, 0.15) is 0 Å². The summed E-state index contributed by atoms with van der Waals surface area (Å²) in [6.07, 6.45) is 5.30. The summed E-state index contributed by atoms with van der Waals surface area (Å²) in [6, 6.07) is 10.2. The molecular formula is C20H25N3O2. The van der Waals surface area contributed by atoms with Crippen LogP contribution in [0.25, 0.3) is 11.3 Å². The van der Waals surface area contributed by atoms with Gasteiger partial charge >= 0.3 is 5.97 Å². The molecule has 1 fully saturated rings. The Hall–Kier alpha value is -2.27. The Kier molecular flexibility index (Phi) is 5.13.